The Morgan fingerprint density at radius 1 is 1.15 bits per heavy atom. The van der Waals surface area contributed by atoms with E-state index in [1.807, 2.05) is 6.92 Å². The third kappa shape index (κ3) is 8.95. The minimum atomic E-state index is 0.503. The van der Waals surface area contributed by atoms with Crippen molar-refractivity contribution in [3.63, 3.8) is 0 Å². The Morgan fingerprint density at radius 2 is 1.85 bits per heavy atom. The highest BCUT2D eigenvalue weighted by Crippen LogP contribution is 2.02. The van der Waals surface area contributed by atoms with Crippen LogP contribution in [0.15, 0.2) is 24.3 Å². The summed E-state index contributed by atoms with van der Waals surface area (Å²) in [5, 5.41) is 0. The van der Waals surface area contributed by atoms with Crippen LogP contribution in [0.1, 0.15) is 40.0 Å². The van der Waals surface area contributed by atoms with E-state index in [1.54, 1.807) is 0 Å². The molecule has 0 aliphatic heterocycles. The molecule has 0 aliphatic rings. The molecule has 0 rings (SSSR count). The van der Waals surface area contributed by atoms with Gasteiger partial charge in [0.05, 0.1) is 0 Å². The molecular formula is C13H20. The fraction of sp³-hybridized carbons (Fsp3) is 0.538. The van der Waals surface area contributed by atoms with Gasteiger partial charge in [-0.3, -0.25) is 0 Å². The van der Waals surface area contributed by atoms with E-state index in [9.17, 15) is 0 Å². The van der Waals surface area contributed by atoms with Crippen molar-refractivity contribution in [2.24, 2.45) is 5.92 Å². The molecule has 1 atom stereocenters. The Kier molecular flexibility index (Phi) is 8.46. The van der Waals surface area contributed by atoms with Crippen molar-refractivity contribution in [2.75, 3.05) is 0 Å². The third-order valence-corrected chi connectivity index (χ3v) is 1.78. The number of unbranched alkanes of at least 4 members (excludes halogenated alkanes) is 1. The normalized spacial score (nSPS) is 13.2. The molecule has 0 amide bonds. The maximum Gasteiger partial charge on any atom is 0.0208 e. The van der Waals surface area contributed by atoms with Crippen molar-refractivity contribution < 1.29 is 0 Å². The third-order valence-electron chi connectivity index (χ3n) is 1.78. The molecule has 1 unspecified atom stereocenters. The molecule has 0 radical (unpaired) electrons. The van der Waals surface area contributed by atoms with E-state index in [0.717, 1.165) is 19.3 Å². The first-order chi connectivity index (χ1) is 6.31. The first-order valence-electron chi connectivity index (χ1n) is 4.99. The molecule has 0 spiro atoms. The van der Waals surface area contributed by atoms with Gasteiger partial charge in [-0.25, -0.2) is 0 Å². The molecule has 0 heterocycles. The molecule has 0 aliphatic carbocycles. The van der Waals surface area contributed by atoms with Crippen LogP contribution in [0, 0.1) is 17.8 Å². The maximum atomic E-state index is 3.13. The van der Waals surface area contributed by atoms with Gasteiger partial charge in [0.2, 0.25) is 0 Å². The largest absolute Gasteiger partial charge is 0.106 e. The second-order valence-corrected chi connectivity index (χ2v) is 3.15. The summed E-state index contributed by atoms with van der Waals surface area (Å²) in [6.45, 7) is 6.11. The molecule has 0 aromatic heterocycles. The van der Waals surface area contributed by atoms with E-state index >= 15 is 0 Å². The topological polar surface area (TPSA) is 0 Å². The number of hydrogen-bond donors (Lipinski definition) is 0. The summed E-state index contributed by atoms with van der Waals surface area (Å²) in [5.74, 6) is 6.57. The van der Waals surface area contributed by atoms with Gasteiger partial charge < -0.3 is 0 Å². The molecule has 0 saturated heterocycles. The van der Waals surface area contributed by atoms with E-state index in [1.165, 1.54) is 0 Å². The summed E-state index contributed by atoms with van der Waals surface area (Å²) in [7, 11) is 0. The Balaban J connectivity index is 3.44. The van der Waals surface area contributed by atoms with Gasteiger partial charge in [0, 0.05) is 5.92 Å². The van der Waals surface area contributed by atoms with Crippen molar-refractivity contribution in [1.29, 1.82) is 0 Å². The van der Waals surface area contributed by atoms with E-state index < -0.39 is 0 Å². The summed E-state index contributed by atoms with van der Waals surface area (Å²) >= 11 is 0. The monoisotopic (exact) mass is 176 g/mol. The predicted molar refractivity (Wildman–Crippen MR) is 60.4 cm³/mol. The zero-order chi connectivity index (χ0) is 9.94. The molecule has 0 bridgehead atoms. The van der Waals surface area contributed by atoms with Gasteiger partial charge in [-0.2, -0.15) is 0 Å². The van der Waals surface area contributed by atoms with Gasteiger partial charge in [0.1, 0.15) is 0 Å². The number of allylic oxidation sites excluding steroid dienone is 4. The van der Waals surface area contributed by atoms with E-state index in [0.29, 0.717) is 5.92 Å². The first-order valence-corrected chi connectivity index (χ1v) is 4.99. The van der Waals surface area contributed by atoms with E-state index in [-0.39, 0.29) is 0 Å². The molecule has 0 aromatic rings. The molecule has 0 fully saturated rings. The van der Waals surface area contributed by atoms with Crippen molar-refractivity contribution in [3.8, 4) is 11.8 Å². The van der Waals surface area contributed by atoms with Gasteiger partial charge in [-0.15, -0.1) is 11.8 Å². The second kappa shape index (κ2) is 9.13. The van der Waals surface area contributed by atoms with Crippen molar-refractivity contribution >= 4 is 0 Å². The summed E-state index contributed by atoms with van der Waals surface area (Å²) in [6, 6.07) is 0. The quantitative estimate of drug-likeness (QED) is 0.338. The van der Waals surface area contributed by atoms with Crippen molar-refractivity contribution in [2.45, 2.75) is 40.0 Å². The van der Waals surface area contributed by atoms with Gasteiger partial charge in [0.25, 0.3) is 0 Å². The smallest absolute Gasteiger partial charge is 0.0208 e. The lowest BCUT2D eigenvalue weighted by Crippen LogP contribution is -1.85. The average molecular weight is 176 g/mol. The van der Waals surface area contributed by atoms with Gasteiger partial charge in [-0.05, 0) is 33.1 Å². The van der Waals surface area contributed by atoms with Crippen LogP contribution in [-0.4, -0.2) is 0 Å². The average Bonchev–Trinajstić information content (AvgIpc) is 2.11. The standard InChI is InChI=1S/C13H20/c1-4-6-7-8-9-10-12-13(3)11-5-2/h4,6,9-10,13H,7-8,12H2,1-3H3. The highest BCUT2D eigenvalue weighted by Gasteiger charge is 1.90. The lowest BCUT2D eigenvalue weighted by atomic mass is 10.1. The summed E-state index contributed by atoms with van der Waals surface area (Å²) in [6.07, 6.45) is 12.2. The Hall–Kier alpha value is -0.960. The SMILES string of the molecule is CC#CC(C)CC=CCCC=CC. The molecule has 13 heavy (non-hydrogen) atoms. The van der Waals surface area contributed by atoms with Crippen LogP contribution in [0.3, 0.4) is 0 Å². The second-order valence-electron chi connectivity index (χ2n) is 3.15. The molecule has 0 aromatic carbocycles. The van der Waals surface area contributed by atoms with Gasteiger partial charge >= 0.3 is 0 Å². The van der Waals surface area contributed by atoms with Crippen LogP contribution >= 0.6 is 0 Å². The Morgan fingerprint density at radius 3 is 2.46 bits per heavy atom. The molecule has 0 N–H and O–H groups in total. The number of rotatable bonds is 5. The van der Waals surface area contributed by atoms with Crippen LogP contribution in [-0.2, 0) is 0 Å². The predicted octanol–water partition coefficient (Wildman–Crippen LogP) is 3.95. The lowest BCUT2D eigenvalue weighted by molar-refractivity contribution is 0.769. The summed E-state index contributed by atoms with van der Waals surface area (Å²) in [4.78, 5) is 0. The molecular weight excluding hydrogens is 156 g/mol. The fourth-order valence-electron chi connectivity index (χ4n) is 1.08. The first kappa shape index (κ1) is 12.0. The molecule has 0 nitrogen and oxygen atoms in total. The van der Waals surface area contributed by atoms with Crippen LogP contribution < -0.4 is 0 Å². The molecule has 72 valence electrons. The summed E-state index contributed by atoms with van der Waals surface area (Å²) in [5.41, 5.74) is 0. The lowest BCUT2D eigenvalue weighted by Gasteiger charge is -1.96. The fourth-order valence-corrected chi connectivity index (χ4v) is 1.08. The highest BCUT2D eigenvalue weighted by atomic mass is 13.9. The zero-order valence-electron chi connectivity index (χ0n) is 9.01. The van der Waals surface area contributed by atoms with Crippen LogP contribution in [0.25, 0.3) is 0 Å². The molecule has 0 heteroatoms. The minimum Gasteiger partial charge on any atom is -0.106 e. The van der Waals surface area contributed by atoms with Crippen molar-refractivity contribution in [1.82, 2.24) is 0 Å². The number of hydrogen-bond acceptors (Lipinski definition) is 0. The zero-order valence-corrected chi connectivity index (χ0v) is 9.01. The van der Waals surface area contributed by atoms with Gasteiger partial charge in [0.15, 0.2) is 0 Å². The molecule has 0 saturated carbocycles. The Labute approximate surface area is 82.7 Å². The van der Waals surface area contributed by atoms with Gasteiger partial charge in [-0.1, -0.05) is 31.2 Å². The highest BCUT2D eigenvalue weighted by molar-refractivity contribution is 5.02. The minimum absolute atomic E-state index is 0.503. The van der Waals surface area contributed by atoms with Crippen LogP contribution in [0.2, 0.25) is 0 Å². The van der Waals surface area contributed by atoms with E-state index in [4.69, 9.17) is 0 Å². The summed E-state index contributed by atoms with van der Waals surface area (Å²) < 4.78 is 0. The van der Waals surface area contributed by atoms with Crippen LogP contribution in [0.4, 0.5) is 0 Å². The van der Waals surface area contributed by atoms with Crippen LogP contribution in [0.5, 0.6) is 0 Å². The van der Waals surface area contributed by atoms with Crippen molar-refractivity contribution in [3.05, 3.63) is 24.3 Å². The maximum absolute atomic E-state index is 3.13. The Bertz CT molecular complexity index is 210. The van der Waals surface area contributed by atoms with E-state index in [2.05, 4.69) is 50.0 Å².